The minimum Gasteiger partial charge on any atom is -0.386 e. The summed E-state index contributed by atoms with van der Waals surface area (Å²) in [5.74, 6) is 0.850. The summed E-state index contributed by atoms with van der Waals surface area (Å²) in [7, 11) is 7.79. The zero-order valence-electron chi connectivity index (χ0n) is 12.8. The largest absolute Gasteiger partial charge is 0.386 e. The summed E-state index contributed by atoms with van der Waals surface area (Å²) in [5.41, 5.74) is 3.26. The van der Waals surface area contributed by atoms with E-state index in [0.29, 0.717) is 6.54 Å². The SMILES string of the molecule is Cc1cc(C)cc(C(O)CN=C(N(C)C)N(C)C)c1. The minimum atomic E-state index is -0.562. The molecule has 1 N–H and O–H groups in total. The number of aryl methyl sites for hydroxylation is 2. The van der Waals surface area contributed by atoms with Gasteiger partial charge in [-0.25, -0.2) is 4.99 Å². The Balaban J connectivity index is 2.84. The molecule has 0 saturated heterocycles. The van der Waals surface area contributed by atoms with Crippen LogP contribution >= 0.6 is 0 Å². The number of hydrogen-bond acceptors (Lipinski definition) is 2. The quantitative estimate of drug-likeness (QED) is 0.668. The Morgan fingerprint density at radius 2 is 1.53 bits per heavy atom. The summed E-state index contributed by atoms with van der Waals surface area (Å²) in [6.45, 7) is 4.45. The van der Waals surface area contributed by atoms with Crippen molar-refractivity contribution in [1.29, 1.82) is 0 Å². The van der Waals surface area contributed by atoms with Crippen LogP contribution in [0.4, 0.5) is 0 Å². The molecule has 1 unspecified atom stereocenters. The number of aliphatic imine (C=N–C) groups is 1. The smallest absolute Gasteiger partial charge is 0.195 e. The third-order valence-corrected chi connectivity index (χ3v) is 2.83. The van der Waals surface area contributed by atoms with Gasteiger partial charge in [-0.05, 0) is 19.4 Å². The molecule has 4 heteroatoms. The molecular weight excluding hydrogens is 238 g/mol. The molecule has 0 aliphatic rings. The van der Waals surface area contributed by atoms with E-state index in [1.807, 2.05) is 64.0 Å². The van der Waals surface area contributed by atoms with E-state index in [1.54, 1.807) is 0 Å². The second kappa shape index (κ2) is 6.57. The van der Waals surface area contributed by atoms with Crippen LogP contribution in [0.15, 0.2) is 23.2 Å². The van der Waals surface area contributed by atoms with Crippen molar-refractivity contribution in [3.63, 3.8) is 0 Å². The van der Waals surface area contributed by atoms with Gasteiger partial charge in [0, 0.05) is 28.2 Å². The Morgan fingerprint density at radius 3 is 1.95 bits per heavy atom. The van der Waals surface area contributed by atoms with Crippen molar-refractivity contribution >= 4 is 5.96 Å². The average molecular weight is 263 g/mol. The van der Waals surface area contributed by atoms with Gasteiger partial charge in [0.15, 0.2) is 5.96 Å². The van der Waals surface area contributed by atoms with Gasteiger partial charge in [-0.1, -0.05) is 29.3 Å². The molecule has 1 aromatic carbocycles. The van der Waals surface area contributed by atoms with Gasteiger partial charge in [0.1, 0.15) is 0 Å². The van der Waals surface area contributed by atoms with E-state index in [4.69, 9.17) is 0 Å². The first-order valence-electron chi connectivity index (χ1n) is 6.46. The lowest BCUT2D eigenvalue weighted by atomic mass is 10.0. The minimum absolute atomic E-state index is 0.370. The van der Waals surface area contributed by atoms with E-state index >= 15 is 0 Å². The molecule has 0 bridgehead atoms. The first-order chi connectivity index (χ1) is 8.81. The molecule has 1 atom stereocenters. The molecule has 0 aliphatic heterocycles. The number of hydrogen-bond donors (Lipinski definition) is 1. The Bertz CT molecular complexity index is 422. The third-order valence-electron chi connectivity index (χ3n) is 2.83. The van der Waals surface area contributed by atoms with Gasteiger partial charge in [-0.2, -0.15) is 0 Å². The van der Waals surface area contributed by atoms with Gasteiger partial charge in [-0.3, -0.25) is 0 Å². The van der Waals surface area contributed by atoms with Crippen molar-refractivity contribution in [2.75, 3.05) is 34.7 Å². The highest BCUT2D eigenvalue weighted by molar-refractivity contribution is 5.79. The van der Waals surface area contributed by atoms with E-state index < -0.39 is 6.10 Å². The van der Waals surface area contributed by atoms with Crippen molar-refractivity contribution in [3.8, 4) is 0 Å². The second-order valence-electron chi connectivity index (χ2n) is 5.37. The number of nitrogens with zero attached hydrogens (tertiary/aromatic N) is 3. The molecule has 1 rings (SSSR count). The summed E-state index contributed by atoms with van der Waals surface area (Å²) in [5, 5.41) is 10.2. The number of benzene rings is 1. The van der Waals surface area contributed by atoms with Crippen LogP contribution in [0.5, 0.6) is 0 Å². The Kier molecular flexibility index (Phi) is 5.36. The number of guanidine groups is 1. The predicted molar refractivity (Wildman–Crippen MR) is 80.6 cm³/mol. The van der Waals surface area contributed by atoms with Gasteiger partial charge in [-0.15, -0.1) is 0 Å². The zero-order chi connectivity index (χ0) is 14.6. The molecule has 106 valence electrons. The van der Waals surface area contributed by atoms with Crippen molar-refractivity contribution in [2.45, 2.75) is 20.0 Å². The highest BCUT2D eigenvalue weighted by Crippen LogP contribution is 2.17. The predicted octanol–water partition coefficient (Wildman–Crippen LogP) is 1.82. The Labute approximate surface area is 116 Å². The molecule has 0 saturated carbocycles. The van der Waals surface area contributed by atoms with Crippen LogP contribution in [0.25, 0.3) is 0 Å². The molecule has 4 nitrogen and oxygen atoms in total. The van der Waals surface area contributed by atoms with Crippen LogP contribution in [-0.4, -0.2) is 55.6 Å². The van der Waals surface area contributed by atoms with E-state index in [-0.39, 0.29) is 0 Å². The summed E-state index contributed by atoms with van der Waals surface area (Å²) in [6, 6.07) is 6.13. The molecule has 0 spiro atoms. The van der Waals surface area contributed by atoms with Gasteiger partial charge >= 0.3 is 0 Å². The van der Waals surface area contributed by atoms with E-state index in [9.17, 15) is 5.11 Å². The highest BCUT2D eigenvalue weighted by atomic mass is 16.3. The van der Waals surface area contributed by atoms with Crippen molar-refractivity contribution in [2.24, 2.45) is 4.99 Å². The lowest BCUT2D eigenvalue weighted by Gasteiger charge is -2.23. The number of rotatable bonds is 3. The van der Waals surface area contributed by atoms with E-state index in [2.05, 4.69) is 11.1 Å². The topological polar surface area (TPSA) is 39.1 Å². The number of aliphatic hydroxyl groups excluding tert-OH is 1. The van der Waals surface area contributed by atoms with Gasteiger partial charge in [0.2, 0.25) is 0 Å². The van der Waals surface area contributed by atoms with Crippen molar-refractivity contribution in [1.82, 2.24) is 9.80 Å². The highest BCUT2D eigenvalue weighted by Gasteiger charge is 2.10. The molecule has 0 amide bonds. The average Bonchev–Trinajstić information content (AvgIpc) is 2.26. The van der Waals surface area contributed by atoms with Crippen LogP contribution in [0, 0.1) is 13.8 Å². The fourth-order valence-corrected chi connectivity index (χ4v) is 2.16. The molecule has 19 heavy (non-hydrogen) atoms. The molecule has 1 aromatic rings. The summed E-state index contributed by atoms with van der Waals surface area (Å²) in [6.07, 6.45) is -0.562. The van der Waals surface area contributed by atoms with Crippen molar-refractivity contribution in [3.05, 3.63) is 34.9 Å². The molecular formula is C15H25N3O. The maximum atomic E-state index is 10.2. The molecule has 0 fully saturated rings. The maximum Gasteiger partial charge on any atom is 0.195 e. The van der Waals surface area contributed by atoms with Gasteiger partial charge in [0.25, 0.3) is 0 Å². The Morgan fingerprint density at radius 1 is 1.05 bits per heavy atom. The maximum absolute atomic E-state index is 10.2. The van der Waals surface area contributed by atoms with E-state index in [0.717, 1.165) is 11.5 Å². The summed E-state index contributed by atoms with van der Waals surface area (Å²) in [4.78, 5) is 8.35. The number of aliphatic hydroxyl groups is 1. The molecule has 0 aliphatic carbocycles. The molecule has 0 heterocycles. The summed E-state index contributed by atoms with van der Waals surface area (Å²) >= 11 is 0. The Hall–Kier alpha value is -1.55. The summed E-state index contributed by atoms with van der Waals surface area (Å²) < 4.78 is 0. The first-order valence-corrected chi connectivity index (χ1v) is 6.46. The molecule has 0 aromatic heterocycles. The lowest BCUT2D eigenvalue weighted by Crippen LogP contribution is -2.35. The van der Waals surface area contributed by atoms with Crippen LogP contribution in [-0.2, 0) is 0 Å². The molecule has 0 radical (unpaired) electrons. The van der Waals surface area contributed by atoms with Crippen LogP contribution in [0.2, 0.25) is 0 Å². The van der Waals surface area contributed by atoms with Crippen LogP contribution in [0.3, 0.4) is 0 Å². The zero-order valence-corrected chi connectivity index (χ0v) is 12.8. The second-order valence-corrected chi connectivity index (χ2v) is 5.37. The first kappa shape index (κ1) is 15.5. The van der Waals surface area contributed by atoms with Gasteiger partial charge in [0.05, 0.1) is 12.6 Å². The van der Waals surface area contributed by atoms with Crippen molar-refractivity contribution < 1.29 is 5.11 Å². The van der Waals surface area contributed by atoms with Crippen LogP contribution in [0.1, 0.15) is 22.8 Å². The fraction of sp³-hybridized carbons (Fsp3) is 0.533. The van der Waals surface area contributed by atoms with Crippen LogP contribution < -0.4 is 0 Å². The lowest BCUT2D eigenvalue weighted by molar-refractivity contribution is 0.186. The van der Waals surface area contributed by atoms with E-state index in [1.165, 1.54) is 11.1 Å². The normalized spacial score (nSPS) is 11.9. The fourth-order valence-electron chi connectivity index (χ4n) is 2.16. The third kappa shape index (κ3) is 4.56. The monoisotopic (exact) mass is 263 g/mol. The van der Waals surface area contributed by atoms with Gasteiger partial charge < -0.3 is 14.9 Å². The standard InChI is InChI=1S/C15H25N3O/c1-11-7-12(2)9-13(8-11)14(19)10-16-15(17(3)4)18(5)6/h7-9,14,19H,10H2,1-6H3.